The summed E-state index contributed by atoms with van der Waals surface area (Å²) in [5.41, 5.74) is 2.01. The molecule has 0 N–H and O–H groups in total. The Morgan fingerprint density at radius 2 is 2.04 bits per heavy atom. The van der Waals surface area contributed by atoms with Crippen LogP contribution in [0, 0.1) is 23.2 Å². The Balaban J connectivity index is 1.43. The van der Waals surface area contributed by atoms with E-state index in [1.165, 1.54) is 38.0 Å². The highest BCUT2D eigenvalue weighted by atomic mass is 16.5. The van der Waals surface area contributed by atoms with E-state index < -0.39 is 0 Å². The Labute approximate surface area is 138 Å². The van der Waals surface area contributed by atoms with Crippen molar-refractivity contribution in [2.75, 3.05) is 39.4 Å². The maximum absolute atomic E-state index is 9.06. The first kappa shape index (κ1) is 15.1. The molecule has 1 aromatic rings. The predicted molar refractivity (Wildman–Crippen MR) is 88.8 cm³/mol. The van der Waals surface area contributed by atoms with Crippen molar-refractivity contribution in [3.8, 4) is 6.07 Å². The van der Waals surface area contributed by atoms with Gasteiger partial charge in [-0.25, -0.2) is 0 Å². The van der Waals surface area contributed by atoms with Crippen LogP contribution >= 0.6 is 0 Å². The molecule has 0 amide bonds. The average molecular weight is 311 g/mol. The van der Waals surface area contributed by atoms with Gasteiger partial charge in [0, 0.05) is 31.6 Å². The van der Waals surface area contributed by atoms with Crippen molar-refractivity contribution >= 4 is 0 Å². The third-order valence-corrected chi connectivity index (χ3v) is 5.75. The second-order valence-electron chi connectivity index (χ2n) is 7.28. The summed E-state index contributed by atoms with van der Waals surface area (Å²) in [5.74, 6) is 1.43. The van der Waals surface area contributed by atoms with Gasteiger partial charge in [-0.2, -0.15) is 5.26 Å². The summed E-state index contributed by atoms with van der Waals surface area (Å²) in [6, 6.07) is 10.9. The minimum Gasteiger partial charge on any atom is -0.379 e. The lowest BCUT2D eigenvalue weighted by Crippen LogP contribution is -2.49. The highest BCUT2D eigenvalue weighted by molar-refractivity contribution is 5.32. The monoisotopic (exact) mass is 311 g/mol. The van der Waals surface area contributed by atoms with E-state index in [1.807, 2.05) is 18.2 Å². The lowest BCUT2D eigenvalue weighted by atomic mass is 9.87. The smallest absolute Gasteiger partial charge is 0.0991 e. The second kappa shape index (κ2) is 6.60. The normalized spacial score (nSPS) is 31.9. The third kappa shape index (κ3) is 3.14. The molecule has 4 nitrogen and oxygen atoms in total. The number of benzene rings is 1. The Morgan fingerprint density at radius 1 is 1.17 bits per heavy atom. The Kier molecular flexibility index (Phi) is 4.35. The molecule has 3 fully saturated rings. The Hall–Kier alpha value is -1.41. The number of nitriles is 1. The Morgan fingerprint density at radius 3 is 2.87 bits per heavy atom. The molecule has 0 aliphatic carbocycles. The topological polar surface area (TPSA) is 39.5 Å². The average Bonchev–Trinajstić information content (AvgIpc) is 3.23. The van der Waals surface area contributed by atoms with Gasteiger partial charge in [0.2, 0.25) is 0 Å². The molecule has 3 aliphatic rings. The number of hydrogen-bond donors (Lipinski definition) is 0. The number of hydrogen-bond acceptors (Lipinski definition) is 4. The lowest BCUT2D eigenvalue weighted by Gasteiger charge is -2.38. The van der Waals surface area contributed by atoms with Crippen LogP contribution in [0.3, 0.4) is 0 Å². The molecule has 0 spiro atoms. The van der Waals surface area contributed by atoms with Crippen molar-refractivity contribution in [1.82, 2.24) is 9.80 Å². The fourth-order valence-corrected chi connectivity index (χ4v) is 4.64. The van der Waals surface area contributed by atoms with Gasteiger partial charge in [0.25, 0.3) is 0 Å². The summed E-state index contributed by atoms with van der Waals surface area (Å²) in [4.78, 5) is 5.22. The third-order valence-electron chi connectivity index (χ3n) is 5.75. The van der Waals surface area contributed by atoms with Crippen LogP contribution in [0.25, 0.3) is 0 Å². The number of likely N-dealkylation sites (tertiary alicyclic amines) is 2. The van der Waals surface area contributed by atoms with E-state index in [-0.39, 0.29) is 0 Å². The van der Waals surface area contributed by atoms with Gasteiger partial charge in [0.15, 0.2) is 0 Å². The molecule has 1 aromatic carbocycles. The van der Waals surface area contributed by atoms with Crippen LogP contribution < -0.4 is 0 Å². The maximum atomic E-state index is 9.06. The van der Waals surface area contributed by atoms with Crippen LogP contribution in [0.2, 0.25) is 0 Å². The van der Waals surface area contributed by atoms with E-state index in [0.29, 0.717) is 12.0 Å². The van der Waals surface area contributed by atoms with E-state index in [1.54, 1.807) is 0 Å². The molecule has 0 bridgehead atoms. The summed E-state index contributed by atoms with van der Waals surface area (Å²) in [6.07, 6.45) is 2.69. The summed E-state index contributed by atoms with van der Waals surface area (Å²) < 4.78 is 5.93. The molecule has 0 radical (unpaired) electrons. The van der Waals surface area contributed by atoms with E-state index >= 15 is 0 Å². The van der Waals surface area contributed by atoms with Crippen LogP contribution in [0.1, 0.15) is 24.0 Å². The molecule has 3 saturated heterocycles. The lowest BCUT2D eigenvalue weighted by molar-refractivity contribution is -0.0308. The summed E-state index contributed by atoms with van der Waals surface area (Å²) in [5, 5.41) is 9.06. The predicted octanol–water partition coefficient (Wildman–Crippen LogP) is 2.10. The molecule has 3 heterocycles. The van der Waals surface area contributed by atoms with Crippen LogP contribution in [-0.2, 0) is 11.3 Å². The molecule has 0 saturated carbocycles. The maximum Gasteiger partial charge on any atom is 0.0991 e. The highest BCUT2D eigenvalue weighted by Crippen LogP contribution is 2.34. The van der Waals surface area contributed by atoms with E-state index in [0.717, 1.165) is 37.8 Å². The van der Waals surface area contributed by atoms with E-state index in [4.69, 9.17) is 10.00 Å². The van der Waals surface area contributed by atoms with Gasteiger partial charge in [0.1, 0.15) is 0 Å². The standard InChI is InChI=1S/C19H25N3O/c20-9-15-4-3-5-16(8-15)10-21-11-17-13-23-14-19(18(17)12-21)22-6-1-2-7-22/h3-5,8,17-19H,1-2,6-7,10-14H2/t17-,18-,19-/m1/s1. The van der Waals surface area contributed by atoms with Crippen LogP contribution in [0.4, 0.5) is 0 Å². The first-order valence-electron chi connectivity index (χ1n) is 8.86. The van der Waals surface area contributed by atoms with Crippen LogP contribution in [0.15, 0.2) is 24.3 Å². The quantitative estimate of drug-likeness (QED) is 0.857. The van der Waals surface area contributed by atoms with Crippen molar-refractivity contribution in [2.24, 2.45) is 11.8 Å². The minimum absolute atomic E-state index is 0.617. The SMILES string of the molecule is N#Cc1cccc(CN2C[C@@H]3COC[C@@H](N4CCCC4)[C@@H]3C2)c1. The van der Waals surface area contributed by atoms with Gasteiger partial charge in [-0.15, -0.1) is 0 Å². The molecule has 3 aliphatic heterocycles. The van der Waals surface area contributed by atoms with E-state index in [2.05, 4.69) is 21.9 Å². The molecule has 4 heteroatoms. The molecular formula is C19H25N3O. The molecule has 0 unspecified atom stereocenters. The first-order valence-corrected chi connectivity index (χ1v) is 8.86. The highest BCUT2D eigenvalue weighted by Gasteiger charge is 2.43. The minimum atomic E-state index is 0.617. The number of fused-ring (bicyclic) bond motifs is 1. The van der Waals surface area contributed by atoms with Gasteiger partial charge in [0.05, 0.1) is 24.8 Å². The summed E-state index contributed by atoms with van der Waals surface area (Å²) in [7, 11) is 0. The zero-order valence-corrected chi connectivity index (χ0v) is 13.7. The van der Waals surface area contributed by atoms with Gasteiger partial charge >= 0.3 is 0 Å². The van der Waals surface area contributed by atoms with Gasteiger partial charge in [-0.1, -0.05) is 12.1 Å². The number of ether oxygens (including phenoxy) is 1. The van der Waals surface area contributed by atoms with Crippen molar-refractivity contribution in [3.05, 3.63) is 35.4 Å². The van der Waals surface area contributed by atoms with Crippen molar-refractivity contribution in [1.29, 1.82) is 5.26 Å². The van der Waals surface area contributed by atoms with Crippen molar-refractivity contribution in [2.45, 2.75) is 25.4 Å². The molecule has 122 valence electrons. The first-order chi connectivity index (χ1) is 11.3. The fraction of sp³-hybridized carbons (Fsp3) is 0.632. The van der Waals surface area contributed by atoms with Crippen LogP contribution in [-0.4, -0.2) is 55.2 Å². The van der Waals surface area contributed by atoms with Crippen molar-refractivity contribution in [3.63, 3.8) is 0 Å². The molecular weight excluding hydrogens is 286 g/mol. The van der Waals surface area contributed by atoms with E-state index in [9.17, 15) is 0 Å². The van der Waals surface area contributed by atoms with Crippen LogP contribution in [0.5, 0.6) is 0 Å². The molecule has 4 rings (SSSR count). The van der Waals surface area contributed by atoms with Gasteiger partial charge in [-0.3, -0.25) is 9.80 Å². The van der Waals surface area contributed by atoms with Gasteiger partial charge < -0.3 is 4.74 Å². The summed E-state index contributed by atoms with van der Waals surface area (Å²) in [6.45, 7) is 7.60. The summed E-state index contributed by atoms with van der Waals surface area (Å²) >= 11 is 0. The Bertz CT molecular complexity index is 591. The number of nitrogens with zero attached hydrogens (tertiary/aromatic N) is 3. The second-order valence-corrected chi connectivity index (χ2v) is 7.28. The molecule has 0 aromatic heterocycles. The zero-order chi connectivity index (χ0) is 15.6. The van der Waals surface area contributed by atoms with Gasteiger partial charge in [-0.05, 0) is 49.5 Å². The fourth-order valence-electron chi connectivity index (χ4n) is 4.64. The molecule has 3 atom stereocenters. The zero-order valence-electron chi connectivity index (χ0n) is 13.7. The largest absolute Gasteiger partial charge is 0.379 e. The molecule has 23 heavy (non-hydrogen) atoms. The number of rotatable bonds is 3. The van der Waals surface area contributed by atoms with Crippen molar-refractivity contribution < 1.29 is 4.74 Å².